The molecule has 7 nitrogen and oxygen atoms in total. The Morgan fingerprint density at radius 1 is 1.38 bits per heavy atom. The van der Waals surface area contributed by atoms with E-state index in [0.29, 0.717) is 13.1 Å². The number of hydrogen-bond acceptors (Lipinski definition) is 5. The number of nitrogens with one attached hydrogen (secondary N) is 1. The highest BCUT2D eigenvalue weighted by atomic mass is 32.2. The summed E-state index contributed by atoms with van der Waals surface area (Å²) in [5.41, 5.74) is 0. The van der Waals surface area contributed by atoms with Gasteiger partial charge in [-0.2, -0.15) is 0 Å². The van der Waals surface area contributed by atoms with Crippen LogP contribution in [0.3, 0.4) is 0 Å². The summed E-state index contributed by atoms with van der Waals surface area (Å²) < 4.78 is 31.7. The number of furan rings is 1. The van der Waals surface area contributed by atoms with E-state index in [0.717, 1.165) is 32.0 Å². The van der Waals surface area contributed by atoms with Crippen LogP contribution in [-0.2, 0) is 10.0 Å². The number of nitrogens with zero attached hydrogens (tertiary/aromatic N) is 1. The van der Waals surface area contributed by atoms with E-state index < -0.39 is 16.0 Å². The maximum Gasteiger partial charge on any atom is 0.371 e. The summed E-state index contributed by atoms with van der Waals surface area (Å²) in [4.78, 5) is 12.9. The molecule has 2 heterocycles. The van der Waals surface area contributed by atoms with Crippen molar-refractivity contribution in [3.05, 3.63) is 17.6 Å². The summed E-state index contributed by atoms with van der Waals surface area (Å²) in [6.07, 6.45) is 3.53. The molecule has 1 aromatic rings. The molecule has 1 aromatic heterocycles. The standard InChI is InChI=1S/C13H20N2O5S/c1-10-12(9-11(20-10)13(16)17)21(18,19)14-5-8-15-6-3-2-4-7-15/h9,14H,2-8H2,1H3,(H,16,17). The molecule has 1 saturated heterocycles. The van der Waals surface area contributed by atoms with Crippen LogP contribution in [0.25, 0.3) is 0 Å². The van der Waals surface area contributed by atoms with Crippen LogP contribution in [0, 0.1) is 6.92 Å². The Balaban J connectivity index is 1.96. The van der Waals surface area contributed by atoms with E-state index in [1.807, 2.05) is 0 Å². The third-order valence-corrected chi connectivity index (χ3v) is 5.11. The van der Waals surface area contributed by atoms with Gasteiger partial charge < -0.3 is 14.4 Å². The Hall–Kier alpha value is -1.38. The number of hydrogen-bond donors (Lipinski definition) is 2. The molecular formula is C13H20N2O5S. The highest BCUT2D eigenvalue weighted by Gasteiger charge is 2.23. The molecule has 1 aliphatic rings. The highest BCUT2D eigenvalue weighted by Crippen LogP contribution is 2.19. The van der Waals surface area contributed by atoms with Gasteiger partial charge in [-0.15, -0.1) is 0 Å². The molecule has 1 aliphatic heterocycles. The van der Waals surface area contributed by atoms with Gasteiger partial charge in [-0.3, -0.25) is 0 Å². The number of rotatable bonds is 6. The van der Waals surface area contributed by atoms with Gasteiger partial charge in [-0.25, -0.2) is 17.9 Å². The van der Waals surface area contributed by atoms with Crippen molar-refractivity contribution in [2.45, 2.75) is 31.1 Å². The van der Waals surface area contributed by atoms with Crippen LogP contribution in [0.4, 0.5) is 0 Å². The molecule has 0 amide bonds. The quantitative estimate of drug-likeness (QED) is 0.814. The monoisotopic (exact) mass is 316 g/mol. The summed E-state index contributed by atoms with van der Waals surface area (Å²) >= 11 is 0. The minimum absolute atomic E-state index is 0.0814. The molecule has 0 unspecified atom stereocenters. The number of aromatic carboxylic acids is 1. The number of sulfonamides is 1. The van der Waals surface area contributed by atoms with Crippen LogP contribution < -0.4 is 4.72 Å². The zero-order valence-electron chi connectivity index (χ0n) is 12.0. The van der Waals surface area contributed by atoms with Gasteiger partial charge in [-0.05, 0) is 32.9 Å². The van der Waals surface area contributed by atoms with E-state index in [9.17, 15) is 13.2 Å². The molecule has 2 N–H and O–H groups in total. The van der Waals surface area contributed by atoms with Crippen LogP contribution in [0.5, 0.6) is 0 Å². The average Bonchev–Trinajstić information content (AvgIpc) is 2.83. The lowest BCUT2D eigenvalue weighted by molar-refractivity contribution is 0.0661. The third-order valence-electron chi connectivity index (χ3n) is 3.54. The van der Waals surface area contributed by atoms with E-state index in [2.05, 4.69) is 9.62 Å². The molecule has 0 radical (unpaired) electrons. The van der Waals surface area contributed by atoms with Crippen LogP contribution in [0.2, 0.25) is 0 Å². The maximum atomic E-state index is 12.1. The van der Waals surface area contributed by atoms with Gasteiger partial charge in [0.05, 0.1) is 0 Å². The average molecular weight is 316 g/mol. The fourth-order valence-corrected chi connectivity index (χ4v) is 3.63. The molecule has 1 fully saturated rings. The fourth-order valence-electron chi connectivity index (χ4n) is 2.44. The molecule has 8 heteroatoms. The minimum Gasteiger partial charge on any atom is -0.475 e. The van der Waals surface area contributed by atoms with E-state index in [-0.39, 0.29) is 16.4 Å². The van der Waals surface area contributed by atoms with Crippen LogP contribution in [-0.4, -0.2) is 50.6 Å². The summed E-state index contributed by atoms with van der Waals surface area (Å²) in [5, 5.41) is 8.82. The lowest BCUT2D eigenvalue weighted by Gasteiger charge is -2.26. The van der Waals surface area contributed by atoms with Gasteiger partial charge in [0, 0.05) is 19.2 Å². The van der Waals surface area contributed by atoms with Crippen molar-refractivity contribution in [3.63, 3.8) is 0 Å². The molecule has 0 bridgehead atoms. The second kappa shape index (κ2) is 6.59. The van der Waals surface area contributed by atoms with Crippen molar-refractivity contribution in [1.82, 2.24) is 9.62 Å². The number of likely N-dealkylation sites (tertiary alicyclic amines) is 1. The highest BCUT2D eigenvalue weighted by molar-refractivity contribution is 7.89. The predicted octanol–water partition coefficient (Wildman–Crippen LogP) is 1.05. The van der Waals surface area contributed by atoms with Crippen molar-refractivity contribution < 1.29 is 22.7 Å². The van der Waals surface area contributed by atoms with Crippen molar-refractivity contribution in [2.24, 2.45) is 0 Å². The summed E-state index contributed by atoms with van der Waals surface area (Å²) in [6, 6.07) is 1.04. The molecule has 21 heavy (non-hydrogen) atoms. The predicted molar refractivity (Wildman–Crippen MR) is 75.9 cm³/mol. The van der Waals surface area contributed by atoms with Crippen molar-refractivity contribution in [3.8, 4) is 0 Å². The lowest BCUT2D eigenvalue weighted by atomic mass is 10.1. The number of carboxylic acids is 1. The molecule has 0 spiro atoms. The molecular weight excluding hydrogens is 296 g/mol. The Morgan fingerprint density at radius 3 is 2.62 bits per heavy atom. The number of aryl methyl sites for hydroxylation is 1. The van der Waals surface area contributed by atoms with Crippen molar-refractivity contribution in [2.75, 3.05) is 26.2 Å². The second-order valence-corrected chi connectivity index (χ2v) is 6.87. The smallest absolute Gasteiger partial charge is 0.371 e. The van der Waals surface area contributed by atoms with Crippen molar-refractivity contribution in [1.29, 1.82) is 0 Å². The first kappa shape index (κ1) is 16.0. The molecule has 0 aromatic carbocycles. The van der Waals surface area contributed by atoms with Crippen LogP contribution >= 0.6 is 0 Å². The number of piperidine rings is 1. The Labute approximate surface area is 124 Å². The van der Waals surface area contributed by atoms with E-state index in [1.54, 1.807) is 0 Å². The van der Waals surface area contributed by atoms with E-state index >= 15 is 0 Å². The first-order chi connectivity index (χ1) is 9.90. The third kappa shape index (κ3) is 4.05. The first-order valence-corrected chi connectivity index (χ1v) is 8.44. The van der Waals surface area contributed by atoms with Gasteiger partial charge in [0.25, 0.3) is 0 Å². The van der Waals surface area contributed by atoms with Crippen molar-refractivity contribution >= 4 is 16.0 Å². The van der Waals surface area contributed by atoms with Crippen LogP contribution in [0.15, 0.2) is 15.4 Å². The lowest BCUT2D eigenvalue weighted by Crippen LogP contribution is -2.37. The molecule has 0 atom stereocenters. The molecule has 0 aliphatic carbocycles. The Morgan fingerprint density at radius 2 is 2.05 bits per heavy atom. The van der Waals surface area contributed by atoms with Crippen LogP contribution in [0.1, 0.15) is 35.6 Å². The van der Waals surface area contributed by atoms with Gasteiger partial charge in [0.2, 0.25) is 15.8 Å². The second-order valence-electron chi connectivity index (χ2n) is 5.14. The summed E-state index contributed by atoms with van der Waals surface area (Å²) in [7, 11) is -3.74. The number of carbonyl (C=O) groups is 1. The minimum atomic E-state index is -3.74. The zero-order valence-corrected chi connectivity index (χ0v) is 12.8. The Kier molecular flexibility index (Phi) is 5.02. The SMILES string of the molecule is Cc1oc(C(=O)O)cc1S(=O)(=O)NCCN1CCCCC1. The van der Waals surface area contributed by atoms with Gasteiger partial charge >= 0.3 is 5.97 Å². The largest absolute Gasteiger partial charge is 0.475 e. The van der Waals surface area contributed by atoms with E-state index in [1.165, 1.54) is 13.3 Å². The summed E-state index contributed by atoms with van der Waals surface area (Å²) in [6.45, 7) is 4.38. The molecule has 2 rings (SSSR count). The van der Waals surface area contributed by atoms with Gasteiger partial charge in [0.15, 0.2) is 0 Å². The zero-order chi connectivity index (χ0) is 15.5. The normalized spacial score (nSPS) is 17.0. The Bertz CT molecular complexity index is 602. The van der Waals surface area contributed by atoms with E-state index in [4.69, 9.17) is 9.52 Å². The maximum absolute atomic E-state index is 12.1. The van der Waals surface area contributed by atoms with Gasteiger partial charge in [0.1, 0.15) is 10.7 Å². The topological polar surface area (TPSA) is 99.8 Å². The first-order valence-electron chi connectivity index (χ1n) is 6.96. The molecule has 0 saturated carbocycles. The summed E-state index contributed by atoms with van der Waals surface area (Å²) in [5.74, 6) is -1.57. The number of carboxylic acid groups (broad SMARTS) is 1. The molecule has 118 valence electrons. The fraction of sp³-hybridized carbons (Fsp3) is 0.615. The van der Waals surface area contributed by atoms with Gasteiger partial charge in [-0.1, -0.05) is 6.42 Å².